The van der Waals surface area contributed by atoms with Crippen molar-refractivity contribution < 1.29 is 20.1 Å². The molecular formula is C18H40N2O4. The lowest BCUT2D eigenvalue weighted by atomic mass is 10.1. The molecule has 6 heteroatoms. The van der Waals surface area contributed by atoms with Crippen LogP contribution in [0.5, 0.6) is 0 Å². The van der Waals surface area contributed by atoms with Crippen LogP contribution in [0.4, 0.5) is 0 Å². The second-order valence-corrected chi connectivity index (χ2v) is 6.06. The second-order valence-electron chi connectivity index (χ2n) is 6.06. The van der Waals surface area contributed by atoms with Crippen molar-refractivity contribution >= 4 is 5.91 Å². The lowest BCUT2D eigenvalue weighted by Gasteiger charge is -2.17. The summed E-state index contributed by atoms with van der Waals surface area (Å²) in [7, 11) is 0. The monoisotopic (exact) mass is 348 g/mol. The molecule has 0 radical (unpaired) electrons. The molecule has 0 heterocycles. The van der Waals surface area contributed by atoms with Crippen molar-refractivity contribution in [2.45, 2.75) is 71.1 Å². The summed E-state index contributed by atoms with van der Waals surface area (Å²) in [4.78, 5) is 12.2. The zero-order valence-corrected chi connectivity index (χ0v) is 15.6. The molecule has 0 rings (SSSR count). The molecule has 0 unspecified atom stereocenters. The molecule has 0 saturated heterocycles. The summed E-state index contributed by atoms with van der Waals surface area (Å²) in [6.07, 6.45) is 12.1. The van der Waals surface area contributed by atoms with Crippen LogP contribution < -0.4 is 5.73 Å². The van der Waals surface area contributed by atoms with Crippen molar-refractivity contribution in [1.29, 1.82) is 0 Å². The summed E-state index contributed by atoms with van der Waals surface area (Å²) in [6, 6.07) is 0. The van der Waals surface area contributed by atoms with Gasteiger partial charge in [-0.1, -0.05) is 58.3 Å². The minimum Gasteiger partial charge on any atom is -0.395 e. The van der Waals surface area contributed by atoms with Gasteiger partial charge in [-0.2, -0.15) is 0 Å². The first kappa shape index (κ1) is 25.5. The number of nitrogens with zero attached hydrogens (tertiary/aromatic N) is 1. The number of hydrogen-bond acceptors (Lipinski definition) is 5. The van der Waals surface area contributed by atoms with Crippen LogP contribution in [0.25, 0.3) is 0 Å². The Balaban J connectivity index is 0. The number of aliphatic hydroxyl groups is 3. The van der Waals surface area contributed by atoms with E-state index in [-0.39, 0.29) is 25.7 Å². The molecule has 0 spiro atoms. The molecule has 146 valence electrons. The average Bonchev–Trinajstić information content (AvgIpc) is 2.54. The van der Waals surface area contributed by atoms with Gasteiger partial charge in [-0.3, -0.25) is 9.69 Å². The summed E-state index contributed by atoms with van der Waals surface area (Å²) in [5.74, 6) is -0.159. The highest BCUT2D eigenvalue weighted by Gasteiger charge is 2.00. The number of carbonyl (C=O) groups is 1. The molecule has 0 aromatic rings. The Kier molecular flexibility index (Phi) is 23.7. The fourth-order valence-corrected chi connectivity index (χ4v) is 2.37. The Morgan fingerprint density at radius 1 is 0.750 bits per heavy atom. The van der Waals surface area contributed by atoms with Crippen molar-refractivity contribution in [3.8, 4) is 0 Å². The molecule has 0 aromatic carbocycles. The number of amides is 1. The first-order valence-corrected chi connectivity index (χ1v) is 9.45. The number of primary amides is 1. The standard InChI is InChI=1S/C12H25NO.C6H15NO3/c1-2-3-4-5-6-7-8-9-10-11-12(13)14;8-4-1-7(2-5-9)3-6-10/h2-11H2,1H3,(H2,13,14);8-10H,1-6H2. The highest BCUT2D eigenvalue weighted by atomic mass is 16.3. The molecule has 5 N–H and O–H groups in total. The minimum absolute atomic E-state index is 0.0694. The van der Waals surface area contributed by atoms with Gasteiger partial charge in [0.25, 0.3) is 0 Å². The van der Waals surface area contributed by atoms with Gasteiger partial charge in [0.05, 0.1) is 19.8 Å². The van der Waals surface area contributed by atoms with Gasteiger partial charge in [0.2, 0.25) is 5.91 Å². The van der Waals surface area contributed by atoms with E-state index in [9.17, 15) is 4.79 Å². The first-order chi connectivity index (χ1) is 11.6. The fourth-order valence-electron chi connectivity index (χ4n) is 2.37. The van der Waals surface area contributed by atoms with E-state index in [4.69, 9.17) is 21.1 Å². The molecular weight excluding hydrogens is 308 g/mol. The predicted molar refractivity (Wildman–Crippen MR) is 98.7 cm³/mol. The normalized spacial score (nSPS) is 10.5. The summed E-state index contributed by atoms with van der Waals surface area (Å²) < 4.78 is 0. The second kappa shape index (κ2) is 22.3. The van der Waals surface area contributed by atoms with Gasteiger partial charge in [0.15, 0.2) is 0 Å². The molecule has 0 aliphatic heterocycles. The van der Waals surface area contributed by atoms with Crippen LogP contribution in [0.1, 0.15) is 71.1 Å². The van der Waals surface area contributed by atoms with Crippen LogP contribution in [0.2, 0.25) is 0 Å². The van der Waals surface area contributed by atoms with E-state index in [1.54, 1.807) is 4.90 Å². The van der Waals surface area contributed by atoms with Crippen LogP contribution in [-0.4, -0.2) is 65.6 Å². The number of carbonyl (C=O) groups excluding carboxylic acids is 1. The van der Waals surface area contributed by atoms with Crippen molar-refractivity contribution in [3.05, 3.63) is 0 Å². The smallest absolute Gasteiger partial charge is 0.217 e. The summed E-state index contributed by atoms with van der Waals surface area (Å²) in [5.41, 5.74) is 5.05. The SMILES string of the molecule is CCCCCCCCCCCC(N)=O.OCCN(CCO)CCO. The number of rotatable bonds is 16. The number of nitrogens with two attached hydrogens (primary N) is 1. The summed E-state index contributed by atoms with van der Waals surface area (Å²) in [6.45, 7) is 3.99. The molecule has 0 saturated carbocycles. The number of unbranched alkanes of at least 4 members (excludes halogenated alkanes) is 8. The van der Waals surface area contributed by atoms with E-state index in [2.05, 4.69) is 6.92 Å². The van der Waals surface area contributed by atoms with E-state index in [0.29, 0.717) is 26.1 Å². The lowest BCUT2D eigenvalue weighted by Crippen LogP contribution is -2.32. The van der Waals surface area contributed by atoms with Crippen molar-refractivity contribution in [2.24, 2.45) is 5.73 Å². The third kappa shape index (κ3) is 23.6. The quantitative estimate of drug-likeness (QED) is 0.317. The fraction of sp³-hybridized carbons (Fsp3) is 0.944. The Labute approximate surface area is 148 Å². The number of hydrogen-bond donors (Lipinski definition) is 4. The third-order valence-electron chi connectivity index (χ3n) is 3.78. The van der Waals surface area contributed by atoms with Gasteiger partial charge in [-0.25, -0.2) is 0 Å². The topological polar surface area (TPSA) is 107 Å². The highest BCUT2D eigenvalue weighted by Crippen LogP contribution is 2.10. The zero-order chi connectivity index (χ0) is 18.5. The zero-order valence-electron chi connectivity index (χ0n) is 15.6. The van der Waals surface area contributed by atoms with E-state index in [1.165, 1.54) is 44.9 Å². The van der Waals surface area contributed by atoms with Crippen molar-refractivity contribution in [2.75, 3.05) is 39.5 Å². The maximum Gasteiger partial charge on any atom is 0.217 e. The van der Waals surface area contributed by atoms with Crippen LogP contribution in [0.3, 0.4) is 0 Å². The Morgan fingerprint density at radius 3 is 1.46 bits per heavy atom. The first-order valence-electron chi connectivity index (χ1n) is 9.45. The molecule has 0 bridgehead atoms. The Morgan fingerprint density at radius 2 is 1.12 bits per heavy atom. The van der Waals surface area contributed by atoms with Gasteiger partial charge in [0, 0.05) is 26.1 Å². The minimum atomic E-state index is -0.159. The van der Waals surface area contributed by atoms with Gasteiger partial charge < -0.3 is 21.1 Å². The lowest BCUT2D eigenvalue weighted by molar-refractivity contribution is -0.118. The summed E-state index contributed by atoms with van der Waals surface area (Å²) >= 11 is 0. The largest absolute Gasteiger partial charge is 0.395 e. The van der Waals surface area contributed by atoms with E-state index < -0.39 is 0 Å². The maximum absolute atomic E-state index is 10.4. The van der Waals surface area contributed by atoms with Gasteiger partial charge in [-0.15, -0.1) is 0 Å². The summed E-state index contributed by atoms with van der Waals surface area (Å²) in [5, 5.41) is 25.5. The molecule has 0 fully saturated rings. The van der Waals surface area contributed by atoms with Gasteiger partial charge >= 0.3 is 0 Å². The van der Waals surface area contributed by atoms with Crippen LogP contribution in [0.15, 0.2) is 0 Å². The molecule has 24 heavy (non-hydrogen) atoms. The van der Waals surface area contributed by atoms with E-state index in [1.807, 2.05) is 0 Å². The van der Waals surface area contributed by atoms with E-state index >= 15 is 0 Å². The highest BCUT2D eigenvalue weighted by molar-refractivity contribution is 5.73. The predicted octanol–water partition coefficient (Wildman–Crippen LogP) is 1.66. The van der Waals surface area contributed by atoms with Crippen LogP contribution in [0, 0.1) is 0 Å². The van der Waals surface area contributed by atoms with Gasteiger partial charge in [-0.05, 0) is 6.42 Å². The molecule has 6 nitrogen and oxygen atoms in total. The van der Waals surface area contributed by atoms with Gasteiger partial charge in [0.1, 0.15) is 0 Å². The third-order valence-corrected chi connectivity index (χ3v) is 3.78. The molecule has 0 aliphatic carbocycles. The van der Waals surface area contributed by atoms with Crippen LogP contribution in [-0.2, 0) is 4.79 Å². The maximum atomic E-state index is 10.4. The van der Waals surface area contributed by atoms with Crippen molar-refractivity contribution in [3.63, 3.8) is 0 Å². The number of aliphatic hydroxyl groups excluding tert-OH is 3. The molecule has 1 amide bonds. The Bertz CT molecular complexity index is 239. The Hall–Kier alpha value is -0.690. The van der Waals surface area contributed by atoms with Crippen molar-refractivity contribution in [1.82, 2.24) is 4.90 Å². The van der Waals surface area contributed by atoms with E-state index in [0.717, 1.165) is 12.8 Å². The van der Waals surface area contributed by atoms with Crippen LogP contribution >= 0.6 is 0 Å². The average molecular weight is 349 g/mol. The molecule has 0 aromatic heterocycles. The molecule has 0 aliphatic rings. The molecule has 0 atom stereocenters.